The van der Waals surface area contributed by atoms with E-state index < -0.39 is 0 Å². The third kappa shape index (κ3) is 6.09. The number of fused-ring (bicyclic) bond motifs is 6. The molecule has 312 valence electrons. The highest BCUT2D eigenvalue weighted by Gasteiger charge is 2.57. The van der Waals surface area contributed by atoms with Crippen LogP contribution in [-0.2, 0) is 5.41 Å². The van der Waals surface area contributed by atoms with Crippen LogP contribution in [0.2, 0.25) is 0 Å². The minimum atomic E-state index is -0.246. The zero-order valence-electron chi connectivity index (χ0n) is 36.2. The van der Waals surface area contributed by atoms with Crippen LogP contribution < -0.4 is 14.7 Å². The lowest BCUT2D eigenvalue weighted by Gasteiger charge is -2.49. The van der Waals surface area contributed by atoms with E-state index in [1.54, 1.807) is 0 Å². The van der Waals surface area contributed by atoms with Gasteiger partial charge in [0.25, 0.3) is 0 Å². The maximum Gasteiger partial charge on any atom is 0.136 e. The van der Waals surface area contributed by atoms with E-state index in [9.17, 15) is 0 Å². The normalized spacial score (nSPS) is 15.2. The first-order valence-electron chi connectivity index (χ1n) is 22.7. The summed E-state index contributed by atoms with van der Waals surface area (Å²) >= 11 is 1.86. The van der Waals surface area contributed by atoms with E-state index in [-0.39, 0.29) is 11.0 Å². The molecule has 64 heavy (non-hydrogen) atoms. The Morgan fingerprint density at radius 2 is 1.12 bits per heavy atom. The van der Waals surface area contributed by atoms with Gasteiger partial charge in [0.15, 0.2) is 0 Å². The lowest BCUT2D eigenvalue weighted by molar-refractivity contribution is 0.199. The van der Waals surface area contributed by atoms with E-state index in [1.165, 1.54) is 61.8 Å². The van der Waals surface area contributed by atoms with Gasteiger partial charge in [-0.25, -0.2) is 0 Å². The van der Waals surface area contributed by atoms with Crippen LogP contribution in [0.1, 0.15) is 51.5 Å². The number of para-hydroxylation sites is 3. The first-order valence-corrected chi connectivity index (χ1v) is 23.5. The van der Waals surface area contributed by atoms with Gasteiger partial charge in [-0.3, -0.25) is 0 Å². The Kier molecular flexibility index (Phi) is 9.24. The third-order valence-electron chi connectivity index (χ3n) is 14.3. The van der Waals surface area contributed by atoms with E-state index in [0.717, 1.165) is 63.6 Å². The minimum Gasteiger partial charge on any atom is -0.462 e. The predicted octanol–water partition coefficient (Wildman–Crippen LogP) is 17.5. The highest BCUT2D eigenvalue weighted by Crippen LogP contribution is 2.62. The van der Waals surface area contributed by atoms with Crippen LogP contribution in [0, 0.1) is 0 Å². The molecule has 1 aliphatic heterocycles. The second-order valence-corrected chi connectivity index (χ2v) is 19.1. The molecule has 0 atom stereocenters. The van der Waals surface area contributed by atoms with Gasteiger partial charge in [-0.15, -0.1) is 11.3 Å². The van der Waals surface area contributed by atoms with Crippen molar-refractivity contribution in [3.63, 3.8) is 0 Å². The smallest absolute Gasteiger partial charge is 0.136 e. The molecule has 0 unspecified atom stereocenters. The Hall–Kier alpha value is -7.08. The Morgan fingerprint density at radius 1 is 0.500 bits per heavy atom. The third-order valence-corrected chi connectivity index (χ3v) is 15.5. The van der Waals surface area contributed by atoms with Crippen LogP contribution in [0.25, 0.3) is 42.3 Å². The molecule has 12 rings (SSSR count). The number of furan rings is 1. The molecule has 8 aromatic carbocycles. The van der Waals surface area contributed by atoms with Crippen molar-refractivity contribution in [1.82, 2.24) is 0 Å². The monoisotopic (exact) mass is 847 g/mol. The Labute approximate surface area is 379 Å². The first-order chi connectivity index (χ1) is 31.5. The SMILES string of the molecule is CC1(C)N(c2cc(N(c3ccccc3)c3ccccc3)cc(N(c3coc4ccccc34)c3cccc4c3sc3ccccc34)c2)c2ccc(-c3ccccc3)cc2C12CCCCC2. The summed E-state index contributed by atoms with van der Waals surface area (Å²) in [5.41, 5.74) is 13.5. The summed E-state index contributed by atoms with van der Waals surface area (Å²) < 4.78 is 8.95. The van der Waals surface area contributed by atoms with Gasteiger partial charge in [-0.1, -0.05) is 135 Å². The number of rotatable bonds is 8. The van der Waals surface area contributed by atoms with Crippen molar-refractivity contribution in [2.45, 2.75) is 56.9 Å². The molecule has 4 nitrogen and oxygen atoms in total. The van der Waals surface area contributed by atoms with Crippen molar-refractivity contribution in [2.24, 2.45) is 0 Å². The van der Waals surface area contributed by atoms with Crippen molar-refractivity contribution in [1.29, 1.82) is 0 Å². The Morgan fingerprint density at radius 3 is 1.86 bits per heavy atom. The maximum atomic E-state index is 6.43. The van der Waals surface area contributed by atoms with Gasteiger partial charge in [0.1, 0.15) is 11.8 Å². The van der Waals surface area contributed by atoms with Gasteiger partial charge in [0, 0.05) is 54.6 Å². The number of hydrogen-bond donors (Lipinski definition) is 0. The zero-order valence-corrected chi connectivity index (χ0v) is 37.1. The molecular formula is C59H49N3OS. The average Bonchev–Trinajstić information content (AvgIpc) is 4.00. The zero-order chi connectivity index (χ0) is 42.8. The van der Waals surface area contributed by atoms with Gasteiger partial charge in [-0.2, -0.15) is 0 Å². The molecule has 0 amide bonds. The molecule has 0 bridgehead atoms. The van der Waals surface area contributed by atoms with Crippen molar-refractivity contribution in [2.75, 3.05) is 14.7 Å². The number of benzene rings is 8. The summed E-state index contributed by atoms with van der Waals surface area (Å²) in [7, 11) is 0. The van der Waals surface area contributed by atoms with Crippen molar-refractivity contribution in [3.8, 4) is 11.1 Å². The summed E-state index contributed by atoms with van der Waals surface area (Å²) in [6, 6.07) is 71.1. The van der Waals surface area contributed by atoms with Crippen LogP contribution in [0.3, 0.4) is 0 Å². The van der Waals surface area contributed by atoms with Crippen LogP contribution in [0.5, 0.6) is 0 Å². The van der Waals surface area contributed by atoms with E-state index >= 15 is 0 Å². The molecule has 1 fully saturated rings. The molecule has 1 aliphatic carbocycles. The molecule has 1 spiro atoms. The molecular weight excluding hydrogens is 799 g/mol. The largest absolute Gasteiger partial charge is 0.462 e. The Balaban J connectivity index is 1.16. The Bertz CT molecular complexity index is 3270. The van der Waals surface area contributed by atoms with Crippen LogP contribution in [0.4, 0.5) is 45.5 Å². The number of nitrogens with zero attached hydrogens (tertiary/aromatic N) is 3. The van der Waals surface area contributed by atoms with E-state index in [2.05, 4.69) is 223 Å². The molecule has 10 aromatic rings. The van der Waals surface area contributed by atoms with Crippen LogP contribution in [0.15, 0.2) is 205 Å². The molecule has 3 heterocycles. The minimum absolute atomic E-state index is 0.0246. The summed E-state index contributed by atoms with van der Waals surface area (Å²) in [6.45, 7) is 5.02. The molecule has 0 radical (unpaired) electrons. The van der Waals surface area contributed by atoms with Crippen molar-refractivity contribution in [3.05, 3.63) is 206 Å². The van der Waals surface area contributed by atoms with E-state index in [4.69, 9.17) is 4.42 Å². The predicted molar refractivity (Wildman–Crippen MR) is 271 cm³/mol. The van der Waals surface area contributed by atoms with Gasteiger partial charge < -0.3 is 19.1 Å². The van der Waals surface area contributed by atoms with Crippen LogP contribution in [-0.4, -0.2) is 5.54 Å². The average molecular weight is 848 g/mol. The lowest BCUT2D eigenvalue weighted by atomic mass is 9.61. The van der Waals surface area contributed by atoms with Gasteiger partial charge in [0.2, 0.25) is 0 Å². The van der Waals surface area contributed by atoms with E-state index in [0.29, 0.717) is 0 Å². The quantitative estimate of drug-likeness (QED) is 0.152. The summed E-state index contributed by atoms with van der Waals surface area (Å²) in [6.07, 6.45) is 8.02. The van der Waals surface area contributed by atoms with Crippen molar-refractivity contribution >= 4 is 88.0 Å². The van der Waals surface area contributed by atoms with E-state index in [1.807, 2.05) is 17.6 Å². The standard InChI is InChI=1S/C59H49N3OS/c1-58(2)59(34-17-6-18-35-59)51-36-42(41-20-7-3-8-21-41)32-33-52(51)62(58)47-38-45(60(43-22-9-4-10-23-43)44-24-11-5-12-25-44)37-46(39-47)61(54-40-63-55-30-15-13-27-50(54)55)53-29-19-28-49-48-26-14-16-31-56(48)64-57(49)53/h3-5,7-16,19-33,36-40H,6,17-18,34-35H2,1-2H3. The number of anilines is 8. The highest BCUT2D eigenvalue weighted by atomic mass is 32.1. The molecule has 0 N–H and O–H groups in total. The number of hydrogen-bond acceptors (Lipinski definition) is 5. The van der Waals surface area contributed by atoms with Gasteiger partial charge >= 0.3 is 0 Å². The molecule has 5 heteroatoms. The van der Waals surface area contributed by atoms with Gasteiger partial charge in [0.05, 0.1) is 27.4 Å². The molecule has 2 aromatic heterocycles. The topological polar surface area (TPSA) is 22.9 Å². The number of thiophene rings is 1. The fraction of sp³-hybridized carbons (Fsp3) is 0.153. The summed E-state index contributed by atoms with van der Waals surface area (Å²) in [5.74, 6) is 0. The second-order valence-electron chi connectivity index (χ2n) is 18.1. The van der Waals surface area contributed by atoms with Crippen molar-refractivity contribution < 1.29 is 4.42 Å². The maximum absolute atomic E-state index is 6.43. The summed E-state index contributed by atoms with van der Waals surface area (Å²) in [5, 5.41) is 3.60. The molecule has 0 saturated heterocycles. The summed E-state index contributed by atoms with van der Waals surface area (Å²) in [4.78, 5) is 7.58. The molecule has 2 aliphatic rings. The lowest BCUT2D eigenvalue weighted by Crippen LogP contribution is -2.52. The van der Waals surface area contributed by atoms with Gasteiger partial charge in [-0.05, 0) is 122 Å². The molecule has 1 saturated carbocycles. The highest BCUT2D eigenvalue weighted by molar-refractivity contribution is 7.26. The fourth-order valence-corrected chi connectivity index (χ4v) is 12.5. The second kappa shape index (κ2) is 15.3. The first kappa shape index (κ1) is 38.6. The van der Waals surface area contributed by atoms with Crippen LogP contribution >= 0.6 is 11.3 Å². The fourth-order valence-electron chi connectivity index (χ4n) is 11.3.